The number of amides is 4. The second-order valence-corrected chi connectivity index (χ2v) is 7.63. The van der Waals surface area contributed by atoms with Crippen molar-refractivity contribution in [2.45, 2.75) is 13.8 Å². The van der Waals surface area contributed by atoms with E-state index in [1.54, 1.807) is 48.5 Å². The Hall–Kier alpha value is -4.46. The van der Waals surface area contributed by atoms with Crippen LogP contribution in [-0.4, -0.2) is 35.1 Å². The average Bonchev–Trinajstić information content (AvgIpc) is 3.36. The summed E-state index contributed by atoms with van der Waals surface area (Å²) in [5, 5.41) is 5.13. The minimum Gasteiger partial charge on any atom is -0.457 e. The maximum absolute atomic E-state index is 12.7. The molecule has 1 aromatic heterocycles. The number of Topliss-reactive ketones (excluding diaryl/α,β-unsaturated/α-hetero) is 1. The van der Waals surface area contributed by atoms with Gasteiger partial charge >= 0.3 is 6.03 Å². The molecule has 0 aliphatic carbocycles. The maximum atomic E-state index is 12.7. The Morgan fingerprint density at radius 2 is 1.82 bits per heavy atom. The zero-order valence-electron chi connectivity index (χ0n) is 18.0. The summed E-state index contributed by atoms with van der Waals surface area (Å²) in [6.07, 6.45) is 1.40. The molecule has 1 aliphatic heterocycles. The fourth-order valence-corrected chi connectivity index (χ4v) is 3.32. The molecular weight excluding hydrogens is 422 g/mol. The van der Waals surface area contributed by atoms with Gasteiger partial charge in [0.25, 0.3) is 5.91 Å². The molecule has 1 saturated heterocycles. The summed E-state index contributed by atoms with van der Waals surface area (Å²) in [7, 11) is 0. The van der Waals surface area contributed by atoms with Crippen LogP contribution in [0.3, 0.4) is 0 Å². The highest BCUT2D eigenvalue weighted by Gasteiger charge is 2.35. The van der Waals surface area contributed by atoms with Crippen molar-refractivity contribution in [3.05, 3.63) is 83.2 Å². The molecule has 2 N–H and O–H groups in total. The third-order valence-corrected chi connectivity index (χ3v) is 5.07. The molecule has 1 aliphatic rings. The van der Waals surface area contributed by atoms with Crippen LogP contribution in [-0.2, 0) is 9.59 Å². The number of benzene rings is 2. The number of nitrogens with zero attached hydrogens (tertiary/aromatic N) is 1. The van der Waals surface area contributed by atoms with Crippen molar-refractivity contribution in [2.75, 3.05) is 11.9 Å². The van der Waals surface area contributed by atoms with E-state index in [9.17, 15) is 19.2 Å². The molecule has 4 amide bonds. The van der Waals surface area contributed by atoms with E-state index in [0.717, 1.165) is 10.5 Å². The standard InChI is InChI=1S/C25H21N3O5/c1-15-6-8-19(9-7-15)26-23(30)14-28-24(31)21(27-25(28)32)13-20-10-11-22(33-20)18-5-3-4-17(12-18)16(2)29/h3-13H,14H2,1-2H3,(H,26,30)(H,27,32)/b21-13+. The number of hydrogen-bond acceptors (Lipinski definition) is 5. The first-order valence-electron chi connectivity index (χ1n) is 10.2. The lowest BCUT2D eigenvalue weighted by Gasteiger charge is -2.12. The van der Waals surface area contributed by atoms with Gasteiger partial charge in [-0.15, -0.1) is 0 Å². The van der Waals surface area contributed by atoms with Crippen LogP contribution in [0.2, 0.25) is 0 Å². The highest BCUT2D eigenvalue weighted by molar-refractivity contribution is 6.15. The molecule has 4 rings (SSSR count). The SMILES string of the molecule is CC(=O)c1cccc(-c2ccc(/C=C3/NC(=O)N(CC(=O)Nc4ccc(C)cc4)C3=O)o2)c1. The molecule has 2 heterocycles. The minimum atomic E-state index is -0.689. The van der Waals surface area contributed by atoms with E-state index in [1.165, 1.54) is 13.0 Å². The van der Waals surface area contributed by atoms with Crippen molar-refractivity contribution < 1.29 is 23.6 Å². The average molecular weight is 443 g/mol. The molecule has 0 unspecified atom stereocenters. The number of ketones is 1. The first kappa shape index (κ1) is 21.8. The van der Waals surface area contributed by atoms with Gasteiger partial charge in [-0.25, -0.2) is 9.69 Å². The molecule has 166 valence electrons. The number of urea groups is 1. The Balaban J connectivity index is 1.45. The number of carbonyl (C=O) groups is 4. The second kappa shape index (κ2) is 8.96. The lowest BCUT2D eigenvalue weighted by atomic mass is 10.1. The molecule has 33 heavy (non-hydrogen) atoms. The Labute approximate surface area is 189 Å². The number of anilines is 1. The molecule has 2 aromatic carbocycles. The number of hydrogen-bond donors (Lipinski definition) is 2. The molecule has 0 radical (unpaired) electrons. The molecule has 0 spiro atoms. The van der Waals surface area contributed by atoms with Gasteiger partial charge in [0.2, 0.25) is 5.91 Å². The van der Waals surface area contributed by atoms with Crippen molar-refractivity contribution in [1.29, 1.82) is 0 Å². The van der Waals surface area contributed by atoms with E-state index in [2.05, 4.69) is 10.6 Å². The molecule has 3 aromatic rings. The van der Waals surface area contributed by atoms with Crippen molar-refractivity contribution in [3.8, 4) is 11.3 Å². The number of carbonyl (C=O) groups excluding carboxylic acids is 4. The smallest absolute Gasteiger partial charge is 0.329 e. The summed E-state index contributed by atoms with van der Waals surface area (Å²) in [4.78, 5) is 49.7. The lowest BCUT2D eigenvalue weighted by molar-refractivity contribution is -0.127. The van der Waals surface area contributed by atoms with Gasteiger partial charge in [0.05, 0.1) is 0 Å². The van der Waals surface area contributed by atoms with Gasteiger partial charge in [-0.3, -0.25) is 14.4 Å². The van der Waals surface area contributed by atoms with Gasteiger partial charge in [0.1, 0.15) is 23.8 Å². The molecule has 1 fully saturated rings. The van der Waals surface area contributed by atoms with E-state index in [4.69, 9.17) is 4.42 Å². The van der Waals surface area contributed by atoms with Crippen molar-refractivity contribution in [2.24, 2.45) is 0 Å². The molecular formula is C25H21N3O5. The maximum Gasteiger partial charge on any atom is 0.329 e. The van der Waals surface area contributed by atoms with Gasteiger partial charge in [0.15, 0.2) is 5.78 Å². The van der Waals surface area contributed by atoms with E-state index in [-0.39, 0.29) is 11.5 Å². The fraction of sp³-hybridized carbons (Fsp3) is 0.120. The zero-order valence-corrected chi connectivity index (χ0v) is 18.0. The number of imide groups is 1. The van der Waals surface area contributed by atoms with Crippen LogP contribution in [0.15, 0.2) is 70.8 Å². The molecule has 0 atom stereocenters. The number of aryl methyl sites for hydroxylation is 1. The second-order valence-electron chi connectivity index (χ2n) is 7.63. The molecule has 0 bridgehead atoms. The first-order valence-corrected chi connectivity index (χ1v) is 10.2. The summed E-state index contributed by atoms with van der Waals surface area (Å²) in [5.74, 6) is -0.328. The van der Waals surface area contributed by atoms with E-state index in [0.29, 0.717) is 28.3 Å². The highest BCUT2D eigenvalue weighted by Crippen LogP contribution is 2.25. The Kier molecular flexibility index (Phi) is 5.91. The van der Waals surface area contributed by atoms with E-state index < -0.39 is 24.4 Å². The van der Waals surface area contributed by atoms with Gasteiger partial charge < -0.3 is 15.1 Å². The quantitative estimate of drug-likeness (QED) is 0.340. The Morgan fingerprint density at radius 1 is 1.06 bits per heavy atom. The van der Waals surface area contributed by atoms with Gasteiger partial charge in [-0.2, -0.15) is 0 Å². The number of furan rings is 1. The van der Waals surface area contributed by atoms with Crippen LogP contribution in [0, 0.1) is 6.92 Å². The molecule has 8 heteroatoms. The predicted molar refractivity (Wildman–Crippen MR) is 122 cm³/mol. The third-order valence-electron chi connectivity index (χ3n) is 5.07. The Morgan fingerprint density at radius 3 is 2.55 bits per heavy atom. The van der Waals surface area contributed by atoms with Crippen molar-refractivity contribution >= 4 is 35.4 Å². The van der Waals surface area contributed by atoms with Crippen LogP contribution in [0.1, 0.15) is 28.6 Å². The van der Waals surface area contributed by atoms with Crippen LogP contribution in [0.25, 0.3) is 17.4 Å². The number of nitrogens with one attached hydrogen (secondary N) is 2. The Bertz CT molecular complexity index is 1290. The molecule has 8 nitrogen and oxygen atoms in total. The summed E-state index contributed by atoms with van der Waals surface area (Å²) < 4.78 is 5.77. The van der Waals surface area contributed by atoms with E-state index >= 15 is 0 Å². The summed E-state index contributed by atoms with van der Waals surface area (Å²) >= 11 is 0. The lowest BCUT2D eigenvalue weighted by Crippen LogP contribution is -2.38. The summed E-state index contributed by atoms with van der Waals surface area (Å²) in [5.41, 5.74) is 2.89. The van der Waals surface area contributed by atoms with Crippen LogP contribution in [0.5, 0.6) is 0 Å². The minimum absolute atomic E-state index is 0.00141. The van der Waals surface area contributed by atoms with Crippen LogP contribution < -0.4 is 10.6 Å². The fourth-order valence-electron chi connectivity index (χ4n) is 3.32. The monoisotopic (exact) mass is 443 g/mol. The van der Waals surface area contributed by atoms with Gasteiger partial charge in [-0.05, 0) is 44.2 Å². The van der Waals surface area contributed by atoms with Gasteiger partial charge in [-0.1, -0.05) is 35.9 Å². The summed E-state index contributed by atoms with van der Waals surface area (Å²) in [6, 6.07) is 16.8. The van der Waals surface area contributed by atoms with Crippen molar-refractivity contribution in [3.63, 3.8) is 0 Å². The van der Waals surface area contributed by atoms with Crippen molar-refractivity contribution in [1.82, 2.24) is 10.2 Å². The topological polar surface area (TPSA) is 109 Å². The normalized spacial score (nSPS) is 14.5. The predicted octanol–water partition coefficient (Wildman–Crippen LogP) is 3.99. The highest BCUT2D eigenvalue weighted by atomic mass is 16.3. The first-order chi connectivity index (χ1) is 15.8. The summed E-state index contributed by atoms with van der Waals surface area (Å²) in [6.45, 7) is 2.99. The van der Waals surface area contributed by atoms with Gasteiger partial charge in [0, 0.05) is 22.9 Å². The largest absolute Gasteiger partial charge is 0.457 e. The third kappa shape index (κ3) is 4.90. The van der Waals surface area contributed by atoms with E-state index in [1.807, 2.05) is 19.1 Å². The van der Waals surface area contributed by atoms with Crippen LogP contribution in [0.4, 0.5) is 10.5 Å². The van der Waals surface area contributed by atoms with Crippen LogP contribution >= 0.6 is 0 Å². The molecule has 0 saturated carbocycles. The zero-order chi connectivity index (χ0) is 23.5. The number of rotatable bonds is 6.